The molecular weight excluding hydrogens is 308 g/mol. The number of carbonyl (C=O) groups excluding carboxylic acids is 2. The molecule has 0 aliphatic heterocycles. The number of nitrogens with one attached hydrogen (secondary N) is 2. The van der Waals surface area contributed by atoms with Crippen LogP contribution in [0, 0.1) is 0 Å². The van der Waals surface area contributed by atoms with Gasteiger partial charge >= 0.3 is 6.03 Å². The molecule has 0 spiro atoms. The van der Waals surface area contributed by atoms with Crippen LogP contribution in [-0.4, -0.2) is 32.7 Å². The summed E-state index contributed by atoms with van der Waals surface area (Å²) in [6, 6.07) is 13.6. The van der Waals surface area contributed by atoms with E-state index in [4.69, 9.17) is 9.47 Å². The first-order chi connectivity index (χ1) is 11.6. The van der Waals surface area contributed by atoms with Crippen molar-refractivity contribution in [2.45, 2.75) is 6.42 Å². The number of imide groups is 1. The molecular formula is C18H20N2O4. The van der Waals surface area contributed by atoms with Crippen LogP contribution in [0.3, 0.4) is 0 Å². The summed E-state index contributed by atoms with van der Waals surface area (Å²) in [6.07, 6.45) is 0.661. The van der Waals surface area contributed by atoms with E-state index in [0.717, 1.165) is 11.3 Å². The minimum Gasteiger partial charge on any atom is -0.497 e. The third-order valence-corrected chi connectivity index (χ3v) is 3.44. The molecule has 2 rings (SSSR count). The van der Waals surface area contributed by atoms with E-state index in [2.05, 4.69) is 10.6 Å². The number of amides is 3. The quantitative estimate of drug-likeness (QED) is 0.853. The van der Waals surface area contributed by atoms with Gasteiger partial charge in [0.25, 0.3) is 5.91 Å². The Kier molecular flexibility index (Phi) is 6.19. The van der Waals surface area contributed by atoms with Gasteiger partial charge in [0.2, 0.25) is 0 Å². The van der Waals surface area contributed by atoms with Crippen molar-refractivity contribution in [3.05, 3.63) is 59.7 Å². The average molecular weight is 328 g/mol. The first-order valence-electron chi connectivity index (χ1n) is 7.48. The number of urea groups is 1. The smallest absolute Gasteiger partial charge is 0.321 e. The van der Waals surface area contributed by atoms with Gasteiger partial charge in [-0.05, 0) is 48.4 Å². The molecule has 0 saturated carbocycles. The maximum Gasteiger partial charge on any atom is 0.321 e. The lowest BCUT2D eigenvalue weighted by molar-refractivity contribution is 0.0964. The Morgan fingerprint density at radius 1 is 0.875 bits per heavy atom. The summed E-state index contributed by atoms with van der Waals surface area (Å²) in [6.45, 7) is 0.425. The maximum atomic E-state index is 11.9. The molecule has 0 aliphatic rings. The van der Waals surface area contributed by atoms with Crippen LogP contribution < -0.4 is 20.1 Å². The van der Waals surface area contributed by atoms with Gasteiger partial charge in [-0.2, -0.15) is 0 Å². The first-order valence-corrected chi connectivity index (χ1v) is 7.48. The Labute approximate surface area is 140 Å². The van der Waals surface area contributed by atoms with Crippen molar-refractivity contribution in [1.82, 2.24) is 10.6 Å². The highest BCUT2D eigenvalue weighted by molar-refractivity contribution is 6.04. The summed E-state index contributed by atoms with van der Waals surface area (Å²) in [7, 11) is 3.16. The van der Waals surface area contributed by atoms with Crippen molar-refractivity contribution in [2.24, 2.45) is 0 Å². The second kappa shape index (κ2) is 8.57. The van der Waals surface area contributed by atoms with Crippen LogP contribution in [0.4, 0.5) is 4.79 Å². The number of benzene rings is 2. The van der Waals surface area contributed by atoms with E-state index in [1.54, 1.807) is 38.5 Å². The lowest BCUT2D eigenvalue weighted by atomic mass is 10.1. The zero-order valence-corrected chi connectivity index (χ0v) is 13.7. The standard InChI is InChI=1S/C18H20N2O4/c1-23-15-7-3-13(4-8-15)11-12-19-18(22)20-17(21)14-5-9-16(24-2)10-6-14/h3-10H,11-12H2,1-2H3,(H2,19,20,21,22). The largest absolute Gasteiger partial charge is 0.497 e. The monoisotopic (exact) mass is 328 g/mol. The van der Waals surface area contributed by atoms with E-state index in [9.17, 15) is 9.59 Å². The number of hydrogen-bond acceptors (Lipinski definition) is 4. The van der Waals surface area contributed by atoms with Crippen LogP contribution in [0.1, 0.15) is 15.9 Å². The zero-order chi connectivity index (χ0) is 17.4. The number of carbonyl (C=O) groups is 2. The fraction of sp³-hybridized carbons (Fsp3) is 0.222. The van der Waals surface area contributed by atoms with E-state index in [1.165, 1.54) is 0 Å². The van der Waals surface area contributed by atoms with Crippen LogP contribution in [-0.2, 0) is 6.42 Å². The van der Waals surface area contributed by atoms with Gasteiger partial charge in [-0.25, -0.2) is 4.79 Å². The molecule has 2 aromatic rings. The molecule has 2 N–H and O–H groups in total. The van der Waals surface area contributed by atoms with Gasteiger partial charge < -0.3 is 14.8 Å². The van der Waals surface area contributed by atoms with Crippen LogP contribution in [0.5, 0.6) is 11.5 Å². The predicted molar refractivity (Wildman–Crippen MR) is 90.6 cm³/mol. The predicted octanol–water partition coefficient (Wildman–Crippen LogP) is 2.39. The van der Waals surface area contributed by atoms with Crippen molar-refractivity contribution in [2.75, 3.05) is 20.8 Å². The molecule has 0 saturated heterocycles. The Morgan fingerprint density at radius 3 is 1.96 bits per heavy atom. The summed E-state index contributed by atoms with van der Waals surface area (Å²) in [5.74, 6) is 0.977. The lowest BCUT2D eigenvalue weighted by Crippen LogP contribution is -2.40. The highest BCUT2D eigenvalue weighted by Gasteiger charge is 2.09. The second-order valence-electron chi connectivity index (χ2n) is 5.04. The summed E-state index contributed by atoms with van der Waals surface area (Å²) in [4.78, 5) is 23.7. The summed E-state index contributed by atoms with van der Waals surface area (Å²) in [5, 5.41) is 4.94. The molecule has 0 heterocycles. The summed E-state index contributed by atoms with van der Waals surface area (Å²) < 4.78 is 10.1. The number of rotatable bonds is 6. The van der Waals surface area contributed by atoms with Crippen molar-refractivity contribution in [3.8, 4) is 11.5 Å². The van der Waals surface area contributed by atoms with Crippen molar-refractivity contribution >= 4 is 11.9 Å². The van der Waals surface area contributed by atoms with E-state index in [0.29, 0.717) is 24.3 Å². The van der Waals surface area contributed by atoms with Gasteiger partial charge in [0.1, 0.15) is 11.5 Å². The van der Waals surface area contributed by atoms with Gasteiger partial charge in [0.05, 0.1) is 14.2 Å². The van der Waals surface area contributed by atoms with Crippen LogP contribution in [0.2, 0.25) is 0 Å². The van der Waals surface area contributed by atoms with E-state index in [-0.39, 0.29) is 0 Å². The Balaban J connectivity index is 1.76. The molecule has 0 atom stereocenters. The van der Waals surface area contributed by atoms with Crippen LogP contribution in [0.25, 0.3) is 0 Å². The van der Waals surface area contributed by atoms with Gasteiger partial charge in [0, 0.05) is 12.1 Å². The van der Waals surface area contributed by atoms with Crippen LogP contribution >= 0.6 is 0 Å². The molecule has 0 fully saturated rings. The van der Waals surface area contributed by atoms with Crippen molar-refractivity contribution in [3.63, 3.8) is 0 Å². The molecule has 0 bridgehead atoms. The highest BCUT2D eigenvalue weighted by atomic mass is 16.5. The van der Waals surface area contributed by atoms with Gasteiger partial charge in [0.15, 0.2) is 0 Å². The molecule has 126 valence electrons. The Hall–Kier alpha value is -3.02. The second-order valence-corrected chi connectivity index (χ2v) is 5.04. The van der Waals surface area contributed by atoms with E-state index < -0.39 is 11.9 Å². The number of methoxy groups -OCH3 is 2. The minimum atomic E-state index is -0.524. The molecule has 0 aromatic heterocycles. The lowest BCUT2D eigenvalue weighted by Gasteiger charge is -2.08. The zero-order valence-electron chi connectivity index (χ0n) is 13.7. The van der Waals surface area contributed by atoms with Crippen LogP contribution in [0.15, 0.2) is 48.5 Å². The van der Waals surface area contributed by atoms with E-state index in [1.807, 2.05) is 24.3 Å². The molecule has 3 amide bonds. The van der Waals surface area contributed by atoms with Gasteiger partial charge in [-0.3, -0.25) is 10.1 Å². The third kappa shape index (κ3) is 5.01. The van der Waals surface area contributed by atoms with Gasteiger partial charge in [-0.15, -0.1) is 0 Å². The summed E-state index contributed by atoms with van der Waals surface area (Å²) in [5.41, 5.74) is 1.46. The van der Waals surface area contributed by atoms with Gasteiger partial charge in [-0.1, -0.05) is 12.1 Å². The average Bonchev–Trinajstić information content (AvgIpc) is 2.62. The van der Waals surface area contributed by atoms with Crippen molar-refractivity contribution in [1.29, 1.82) is 0 Å². The number of hydrogen-bond donors (Lipinski definition) is 2. The topological polar surface area (TPSA) is 76.7 Å². The molecule has 24 heavy (non-hydrogen) atoms. The first kappa shape index (κ1) is 17.3. The molecule has 0 aliphatic carbocycles. The Morgan fingerprint density at radius 2 is 1.42 bits per heavy atom. The molecule has 2 aromatic carbocycles. The molecule has 0 radical (unpaired) electrons. The molecule has 6 heteroatoms. The van der Waals surface area contributed by atoms with E-state index >= 15 is 0 Å². The summed E-state index contributed by atoms with van der Waals surface area (Å²) >= 11 is 0. The normalized spacial score (nSPS) is 9.92. The minimum absolute atomic E-state index is 0.390. The Bertz CT molecular complexity index is 681. The fourth-order valence-corrected chi connectivity index (χ4v) is 2.07. The SMILES string of the molecule is COc1ccc(CCNC(=O)NC(=O)c2ccc(OC)cc2)cc1. The highest BCUT2D eigenvalue weighted by Crippen LogP contribution is 2.12. The third-order valence-electron chi connectivity index (χ3n) is 3.44. The van der Waals surface area contributed by atoms with Crippen molar-refractivity contribution < 1.29 is 19.1 Å². The molecule has 6 nitrogen and oxygen atoms in total. The molecule has 0 unspecified atom stereocenters. The fourth-order valence-electron chi connectivity index (χ4n) is 2.07. The number of ether oxygens (including phenoxy) is 2. The maximum absolute atomic E-state index is 11.9.